The zero-order valence-electron chi connectivity index (χ0n) is 24.6. The number of nitrogens with two attached hydrogens (primary N) is 1. The van der Waals surface area contributed by atoms with Crippen LogP contribution in [0.2, 0.25) is 0 Å². The lowest BCUT2D eigenvalue weighted by Gasteiger charge is -2.28. The van der Waals surface area contributed by atoms with Crippen LogP contribution in [0.3, 0.4) is 0 Å². The van der Waals surface area contributed by atoms with Crippen molar-refractivity contribution in [1.29, 1.82) is 0 Å². The first-order valence-electron chi connectivity index (χ1n) is 14.5. The molecule has 2 fully saturated rings. The van der Waals surface area contributed by atoms with E-state index in [0.29, 0.717) is 38.7 Å². The van der Waals surface area contributed by atoms with E-state index in [4.69, 9.17) is 19.6 Å². The van der Waals surface area contributed by atoms with E-state index in [-0.39, 0.29) is 24.1 Å². The minimum absolute atomic E-state index is 0.0459. The van der Waals surface area contributed by atoms with Crippen LogP contribution in [-0.2, 0) is 21.6 Å². The van der Waals surface area contributed by atoms with Crippen LogP contribution in [0, 0.1) is 18.8 Å². The number of thiophene rings is 1. The van der Waals surface area contributed by atoms with E-state index in [1.807, 2.05) is 24.3 Å². The fourth-order valence-electron chi connectivity index (χ4n) is 6.84. The number of carbonyl (C=O) groups excluding carboxylic acids is 1. The molecule has 4 aromatic rings. The number of hydrogen-bond acceptors (Lipinski definition) is 9. The number of benzene rings is 1. The molecule has 6 rings (SSSR count). The highest BCUT2D eigenvalue weighted by Crippen LogP contribution is 2.47. The highest BCUT2D eigenvalue weighted by atomic mass is 32.1. The Bertz CT molecular complexity index is 1770. The average molecular weight is 609 g/mol. The van der Waals surface area contributed by atoms with Gasteiger partial charge < -0.3 is 24.7 Å². The summed E-state index contributed by atoms with van der Waals surface area (Å²) in [6.45, 7) is 4.75. The van der Waals surface area contributed by atoms with E-state index >= 15 is 0 Å². The molecule has 1 amide bonds. The standard InChI is InChI=1S/C31H36N4O7S/c1-16-24-27(37)35(31(2,3)29(32)38)30(39)34(28(24)43-25(16)26-33-9-10-41-26)15-23(21-7-5-6-8-22(21)40-4)42-20-13-17-11-19(36)12-18(17)14-20/h5-10,17-20,23,36H,11-15H2,1-4H3,(H2,32,38)/t17-,18?,19-,20+,23?/m0/s1. The van der Waals surface area contributed by atoms with Crippen molar-refractivity contribution in [1.82, 2.24) is 14.1 Å². The number of aryl methyl sites for hydroxylation is 1. The predicted octanol–water partition coefficient (Wildman–Crippen LogP) is 3.72. The maximum absolute atomic E-state index is 14.3. The van der Waals surface area contributed by atoms with E-state index in [1.165, 1.54) is 42.2 Å². The zero-order valence-corrected chi connectivity index (χ0v) is 25.4. The normalized spacial score (nSPS) is 22.6. The van der Waals surface area contributed by atoms with E-state index < -0.39 is 28.8 Å². The molecule has 43 heavy (non-hydrogen) atoms. The third-order valence-corrected chi connectivity index (χ3v) is 10.4. The SMILES string of the molecule is COc1ccccc1C(Cn1c(=O)n(C(C)(C)C(N)=O)c(=O)c2c(C)c(-c3ncco3)sc21)O[C@H]1CC2C[C@@H](O)C[C@H]2C1. The molecular formula is C31H36N4O7S. The van der Waals surface area contributed by atoms with Gasteiger partial charge in [0.25, 0.3) is 5.56 Å². The molecule has 3 N–H and O–H groups in total. The Morgan fingerprint density at radius 3 is 2.53 bits per heavy atom. The van der Waals surface area contributed by atoms with Crippen molar-refractivity contribution in [3.63, 3.8) is 0 Å². The van der Waals surface area contributed by atoms with Crippen LogP contribution in [0.25, 0.3) is 21.0 Å². The summed E-state index contributed by atoms with van der Waals surface area (Å²) in [6, 6.07) is 7.51. The van der Waals surface area contributed by atoms with Gasteiger partial charge in [0.1, 0.15) is 28.5 Å². The molecular weight excluding hydrogens is 572 g/mol. The van der Waals surface area contributed by atoms with Gasteiger partial charge in [-0.25, -0.2) is 14.3 Å². The first-order chi connectivity index (χ1) is 20.5. The van der Waals surface area contributed by atoms with Crippen LogP contribution in [-0.4, -0.2) is 44.4 Å². The molecule has 3 aromatic heterocycles. The van der Waals surface area contributed by atoms with Crippen LogP contribution < -0.4 is 21.7 Å². The van der Waals surface area contributed by atoms with Crippen molar-refractivity contribution in [2.75, 3.05) is 7.11 Å². The Hall–Kier alpha value is -3.74. The van der Waals surface area contributed by atoms with Gasteiger partial charge in [0, 0.05) is 5.56 Å². The van der Waals surface area contributed by atoms with E-state index in [0.717, 1.165) is 35.8 Å². The quantitative estimate of drug-likeness (QED) is 0.292. The number of nitrogens with zero attached hydrogens (tertiary/aromatic N) is 3. The summed E-state index contributed by atoms with van der Waals surface area (Å²) in [6.07, 6.45) is 5.18. The second-order valence-corrected chi connectivity index (χ2v) is 13.1. The predicted molar refractivity (Wildman–Crippen MR) is 161 cm³/mol. The van der Waals surface area contributed by atoms with Gasteiger partial charge in [-0.15, -0.1) is 11.3 Å². The Balaban J connectivity index is 1.52. The van der Waals surface area contributed by atoms with Crippen LogP contribution in [0.1, 0.15) is 56.8 Å². The third-order valence-electron chi connectivity index (χ3n) is 9.14. The summed E-state index contributed by atoms with van der Waals surface area (Å²) < 4.78 is 20.5. The molecule has 2 aliphatic carbocycles. The lowest BCUT2D eigenvalue weighted by Crippen LogP contribution is -2.54. The van der Waals surface area contributed by atoms with E-state index in [1.54, 1.807) is 14.0 Å². The number of aliphatic hydroxyl groups excluding tert-OH is 1. The third kappa shape index (κ3) is 5.00. The summed E-state index contributed by atoms with van der Waals surface area (Å²) in [5, 5.41) is 10.4. The minimum atomic E-state index is -1.61. The summed E-state index contributed by atoms with van der Waals surface area (Å²) in [7, 11) is 1.59. The van der Waals surface area contributed by atoms with Gasteiger partial charge in [-0.05, 0) is 69.9 Å². The molecule has 0 bridgehead atoms. The van der Waals surface area contributed by atoms with E-state index in [9.17, 15) is 19.5 Å². The lowest BCUT2D eigenvalue weighted by molar-refractivity contribution is -0.125. The molecule has 2 aliphatic rings. The Kier molecular flexibility index (Phi) is 7.55. The highest BCUT2D eigenvalue weighted by Gasteiger charge is 2.43. The number of aliphatic hydroxyl groups is 1. The summed E-state index contributed by atoms with van der Waals surface area (Å²) in [4.78, 5) is 46.1. The molecule has 3 heterocycles. The number of oxazole rings is 1. The Morgan fingerprint density at radius 2 is 1.91 bits per heavy atom. The monoisotopic (exact) mass is 608 g/mol. The number of aromatic nitrogens is 3. The van der Waals surface area contributed by atoms with Gasteiger partial charge in [0.05, 0.1) is 42.3 Å². The van der Waals surface area contributed by atoms with Crippen LogP contribution in [0.5, 0.6) is 5.75 Å². The topological polar surface area (TPSA) is 152 Å². The fourth-order valence-corrected chi connectivity index (χ4v) is 8.08. The van der Waals surface area contributed by atoms with Gasteiger partial charge in [-0.2, -0.15) is 0 Å². The molecule has 2 unspecified atom stereocenters. The highest BCUT2D eigenvalue weighted by molar-refractivity contribution is 7.22. The molecule has 11 nitrogen and oxygen atoms in total. The molecule has 0 spiro atoms. The first kappa shape index (κ1) is 29.3. The number of primary amides is 1. The van der Waals surface area contributed by atoms with Crippen LogP contribution in [0.4, 0.5) is 0 Å². The van der Waals surface area contributed by atoms with Crippen molar-refractivity contribution in [2.45, 2.75) is 76.9 Å². The summed E-state index contributed by atoms with van der Waals surface area (Å²) >= 11 is 1.23. The number of methoxy groups -OCH3 is 1. The number of amides is 1. The van der Waals surface area contributed by atoms with Crippen LogP contribution >= 0.6 is 11.3 Å². The Labute approximate surface area is 251 Å². The fraction of sp³-hybridized carbons (Fsp3) is 0.484. The maximum atomic E-state index is 14.3. The van der Waals surface area contributed by atoms with Gasteiger partial charge in [0.2, 0.25) is 11.8 Å². The van der Waals surface area contributed by atoms with Crippen LogP contribution in [0.15, 0.2) is 50.7 Å². The minimum Gasteiger partial charge on any atom is -0.496 e. The molecule has 1 aromatic carbocycles. The van der Waals surface area contributed by atoms with Gasteiger partial charge in [-0.1, -0.05) is 18.2 Å². The van der Waals surface area contributed by atoms with Gasteiger partial charge in [-0.3, -0.25) is 14.2 Å². The van der Waals surface area contributed by atoms with E-state index in [2.05, 4.69) is 4.98 Å². The molecule has 12 heteroatoms. The lowest BCUT2D eigenvalue weighted by atomic mass is 10.0. The smallest absolute Gasteiger partial charge is 0.333 e. The van der Waals surface area contributed by atoms with Crippen molar-refractivity contribution in [3.05, 3.63) is 68.7 Å². The molecule has 228 valence electrons. The number of fused-ring (bicyclic) bond motifs is 2. The van der Waals surface area contributed by atoms with Gasteiger partial charge in [0.15, 0.2) is 0 Å². The second kappa shape index (κ2) is 11.1. The largest absolute Gasteiger partial charge is 0.496 e. The number of hydrogen-bond donors (Lipinski definition) is 2. The zero-order chi connectivity index (χ0) is 30.6. The maximum Gasteiger partial charge on any atom is 0.333 e. The number of ether oxygens (including phenoxy) is 2. The summed E-state index contributed by atoms with van der Waals surface area (Å²) in [5.41, 5.74) is 4.19. The van der Waals surface area contributed by atoms with Crippen molar-refractivity contribution in [3.8, 4) is 16.5 Å². The molecule has 5 atom stereocenters. The molecule has 0 radical (unpaired) electrons. The number of carbonyl (C=O) groups is 1. The Morgan fingerprint density at radius 1 is 1.21 bits per heavy atom. The second-order valence-electron chi connectivity index (χ2n) is 12.1. The van der Waals surface area contributed by atoms with Crippen molar-refractivity contribution >= 4 is 27.5 Å². The van der Waals surface area contributed by atoms with Crippen molar-refractivity contribution < 1.29 is 23.8 Å². The number of para-hydroxylation sites is 1. The molecule has 0 saturated heterocycles. The first-order valence-corrected chi connectivity index (χ1v) is 15.3. The molecule has 2 saturated carbocycles. The van der Waals surface area contributed by atoms with Gasteiger partial charge >= 0.3 is 5.69 Å². The molecule has 0 aliphatic heterocycles. The average Bonchev–Trinajstić information content (AvgIpc) is 3.74. The van der Waals surface area contributed by atoms with Crippen molar-refractivity contribution in [2.24, 2.45) is 17.6 Å². The number of rotatable bonds is 9. The summed E-state index contributed by atoms with van der Waals surface area (Å²) in [5.74, 6) is 0.924.